The number of likely N-dealkylation sites (tertiary alicyclic amines) is 1. The van der Waals surface area contributed by atoms with Gasteiger partial charge in [-0.2, -0.15) is 0 Å². The van der Waals surface area contributed by atoms with E-state index in [1.807, 2.05) is 24.3 Å². The van der Waals surface area contributed by atoms with Crippen LogP contribution in [0.25, 0.3) is 22.6 Å². The zero-order valence-electron chi connectivity index (χ0n) is 14.7. The van der Waals surface area contributed by atoms with E-state index in [1.54, 1.807) is 0 Å². The molecule has 0 unspecified atom stereocenters. The van der Waals surface area contributed by atoms with Crippen molar-refractivity contribution in [1.82, 2.24) is 9.88 Å². The van der Waals surface area contributed by atoms with Crippen molar-refractivity contribution < 1.29 is 4.42 Å². The van der Waals surface area contributed by atoms with Crippen LogP contribution in [0.15, 0.2) is 51.4 Å². The fourth-order valence-electron chi connectivity index (χ4n) is 4.00. The van der Waals surface area contributed by atoms with Crippen molar-refractivity contribution in [2.24, 2.45) is 11.8 Å². The van der Waals surface area contributed by atoms with E-state index in [2.05, 4.69) is 52.9 Å². The Morgan fingerprint density at radius 2 is 1.88 bits per heavy atom. The van der Waals surface area contributed by atoms with Crippen LogP contribution in [0, 0.1) is 11.8 Å². The van der Waals surface area contributed by atoms with Gasteiger partial charge in [0, 0.05) is 24.1 Å². The van der Waals surface area contributed by atoms with Crippen LogP contribution in [0.4, 0.5) is 0 Å². The molecule has 0 saturated carbocycles. The number of hydrogen-bond acceptors (Lipinski definition) is 3. The molecule has 0 aliphatic carbocycles. The van der Waals surface area contributed by atoms with Crippen molar-refractivity contribution in [3.63, 3.8) is 0 Å². The van der Waals surface area contributed by atoms with E-state index in [1.165, 1.54) is 25.1 Å². The summed E-state index contributed by atoms with van der Waals surface area (Å²) >= 11 is 3.57. The molecule has 3 nitrogen and oxygen atoms in total. The van der Waals surface area contributed by atoms with Gasteiger partial charge in [0.25, 0.3) is 0 Å². The van der Waals surface area contributed by atoms with E-state index in [-0.39, 0.29) is 0 Å². The number of piperidine rings is 1. The van der Waals surface area contributed by atoms with Crippen LogP contribution >= 0.6 is 15.9 Å². The van der Waals surface area contributed by atoms with Gasteiger partial charge >= 0.3 is 0 Å². The molecule has 1 aromatic heterocycles. The lowest BCUT2D eigenvalue weighted by molar-refractivity contribution is 0.134. The third-order valence-electron chi connectivity index (χ3n) is 4.91. The Kier molecular flexibility index (Phi) is 4.65. The smallest absolute Gasteiger partial charge is 0.228 e. The first-order chi connectivity index (χ1) is 12.1. The topological polar surface area (TPSA) is 29.3 Å². The number of nitrogens with zero attached hydrogens (tertiary/aromatic N) is 2. The molecule has 130 valence electrons. The SMILES string of the molecule is C[C@H]1C[C@H](C)CN(Cc2ccc3oc(-c4ccccc4Br)nc3c2)C1. The highest BCUT2D eigenvalue weighted by Gasteiger charge is 2.22. The highest BCUT2D eigenvalue weighted by molar-refractivity contribution is 9.10. The van der Waals surface area contributed by atoms with Crippen molar-refractivity contribution in [3.05, 3.63) is 52.5 Å². The molecule has 0 bridgehead atoms. The summed E-state index contributed by atoms with van der Waals surface area (Å²) in [7, 11) is 0. The van der Waals surface area contributed by atoms with Gasteiger partial charge in [-0.3, -0.25) is 4.90 Å². The molecule has 4 rings (SSSR count). The predicted octanol–water partition coefficient (Wildman–Crippen LogP) is 5.74. The number of hydrogen-bond donors (Lipinski definition) is 0. The van der Waals surface area contributed by atoms with Crippen LogP contribution < -0.4 is 0 Å². The molecular formula is C21H23BrN2O. The molecule has 1 aliphatic heterocycles. The quantitative estimate of drug-likeness (QED) is 0.563. The standard InChI is InChI=1S/C21H23BrN2O/c1-14-9-15(2)12-24(11-14)13-16-7-8-20-19(10-16)23-21(25-20)17-5-3-4-6-18(17)22/h3-8,10,14-15H,9,11-13H2,1-2H3/t14-,15-/m0/s1. The normalized spacial score (nSPS) is 21.7. The predicted molar refractivity (Wildman–Crippen MR) is 105 cm³/mol. The molecule has 0 spiro atoms. The van der Waals surface area contributed by atoms with E-state index in [0.717, 1.165) is 39.5 Å². The van der Waals surface area contributed by atoms with Gasteiger partial charge in [-0.15, -0.1) is 0 Å². The molecule has 3 aromatic rings. The molecule has 0 radical (unpaired) electrons. The van der Waals surface area contributed by atoms with Crippen LogP contribution in [0.1, 0.15) is 25.8 Å². The molecule has 4 heteroatoms. The van der Waals surface area contributed by atoms with Crippen molar-refractivity contribution in [2.75, 3.05) is 13.1 Å². The summed E-state index contributed by atoms with van der Waals surface area (Å²) in [4.78, 5) is 7.28. The lowest BCUT2D eigenvalue weighted by Crippen LogP contribution is -2.38. The number of halogens is 1. The second-order valence-electron chi connectivity index (χ2n) is 7.44. The number of aromatic nitrogens is 1. The summed E-state index contributed by atoms with van der Waals surface area (Å²) in [6.07, 6.45) is 1.34. The first-order valence-electron chi connectivity index (χ1n) is 8.95. The summed E-state index contributed by atoms with van der Waals surface area (Å²) in [5, 5.41) is 0. The molecular weight excluding hydrogens is 376 g/mol. The van der Waals surface area contributed by atoms with Crippen LogP contribution in [-0.4, -0.2) is 23.0 Å². The average Bonchev–Trinajstić information content (AvgIpc) is 2.97. The maximum absolute atomic E-state index is 5.96. The van der Waals surface area contributed by atoms with Gasteiger partial charge in [-0.05, 0) is 64.0 Å². The summed E-state index contributed by atoms with van der Waals surface area (Å²) in [5.41, 5.74) is 4.07. The minimum atomic E-state index is 0.667. The van der Waals surface area contributed by atoms with Crippen LogP contribution in [0.2, 0.25) is 0 Å². The second-order valence-corrected chi connectivity index (χ2v) is 8.30. The molecule has 2 heterocycles. The Morgan fingerprint density at radius 3 is 2.64 bits per heavy atom. The van der Waals surface area contributed by atoms with E-state index < -0.39 is 0 Å². The lowest BCUT2D eigenvalue weighted by atomic mass is 9.91. The second kappa shape index (κ2) is 6.93. The van der Waals surface area contributed by atoms with Gasteiger partial charge in [0.2, 0.25) is 5.89 Å². The molecule has 1 saturated heterocycles. The molecule has 0 N–H and O–H groups in total. The van der Waals surface area contributed by atoms with Gasteiger partial charge in [-0.1, -0.05) is 32.0 Å². The third-order valence-corrected chi connectivity index (χ3v) is 5.60. The number of fused-ring (bicyclic) bond motifs is 1. The minimum absolute atomic E-state index is 0.667. The van der Waals surface area contributed by atoms with Crippen molar-refractivity contribution in [3.8, 4) is 11.5 Å². The van der Waals surface area contributed by atoms with E-state index in [0.29, 0.717) is 5.89 Å². The molecule has 1 aliphatic rings. The van der Waals surface area contributed by atoms with Crippen molar-refractivity contribution in [1.29, 1.82) is 0 Å². The van der Waals surface area contributed by atoms with Crippen LogP contribution in [0.3, 0.4) is 0 Å². The monoisotopic (exact) mass is 398 g/mol. The van der Waals surface area contributed by atoms with Crippen molar-refractivity contribution >= 4 is 27.0 Å². The first kappa shape index (κ1) is 16.8. The molecule has 2 atom stereocenters. The van der Waals surface area contributed by atoms with Gasteiger partial charge < -0.3 is 4.42 Å². The lowest BCUT2D eigenvalue weighted by Gasteiger charge is -2.34. The Labute approximate surface area is 157 Å². The fourth-order valence-corrected chi connectivity index (χ4v) is 4.45. The summed E-state index contributed by atoms with van der Waals surface area (Å²) < 4.78 is 6.96. The molecule has 25 heavy (non-hydrogen) atoms. The van der Waals surface area contributed by atoms with Gasteiger partial charge in [-0.25, -0.2) is 4.98 Å². The summed E-state index contributed by atoms with van der Waals surface area (Å²) in [5.74, 6) is 2.22. The Morgan fingerprint density at radius 1 is 1.12 bits per heavy atom. The zero-order valence-corrected chi connectivity index (χ0v) is 16.3. The van der Waals surface area contributed by atoms with Crippen LogP contribution in [-0.2, 0) is 6.54 Å². The maximum atomic E-state index is 5.96. The number of benzene rings is 2. The minimum Gasteiger partial charge on any atom is -0.436 e. The average molecular weight is 399 g/mol. The maximum Gasteiger partial charge on any atom is 0.228 e. The van der Waals surface area contributed by atoms with Gasteiger partial charge in [0.15, 0.2) is 5.58 Å². The summed E-state index contributed by atoms with van der Waals surface area (Å²) in [6.45, 7) is 8.07. The highest BCUT2D eigenvalue weighted by atomic mass is 79.9. The van der Waals surface area contributed by atoms with Crippen LogP contribution in [0.5, 0.6) is 0 Å². The zero-order chi connectivity index (χ0) is 17.4. The first-order valence-corrected chi connectivity index (χ1v) is 9.74. The van der Waals surface area contributed by atoms with Gasteiger partial charge in [0.05, 0.1) is 5.56 Å². The molecule has 1 fully saturated rings. The Hall–Kier alpha value is -1.65. The van der Waals surface area contributed by atoms with Crippen molar-refractivity contribution in [2.45, 2.75) is 26.8 Å². The summed E-state index contributed by atoms with van der Waals surface area (Å²) in [6, 6.07) is 14.4. The van der Waals surface area contributed by atoms with Gasteiger partial charge in [0.1, 0.15) is 5.52 Å². The Bertz CT molecular complexity index is 878. The largest absolute Gasteiger partial charge is 0.436 e. The highest BCUT2D eigenvalue weighted by Crippen LogP contribution is 2.30. The number of rotatable bonds is 3. The van der Waals surface area contributed by atoms with E-state index in [4.69, 9.17) is 9.40 Å². The molecule has 2 aromatic carbocycles. The molecule has 0 amide bonds. The fraction of sp³-hybridized carbons (Fsp3) is 0.381. The van der Waals surface area contributed by atoms with E-state index >= 15 is 0 Å². The third kappa shape index (κ3) is 3.65. The van der Waals surface area contributed by atoms with E-state index in [9.17, 15) is 0 Å². The number of oxazole rings is 1. The Balaban J connectivity index is 1.59.